The molecule has 0 aliphatic carbocycles. The average Bonchev–Trinajstić information content (AvgIpc) is 2.31. The predicted molar refractivity (Wildman–Crippen MR) is 57.5 cm³/mol. The molecule has 0 unspecified atom stereocenters. The quantitative estimate of drug-likeness (QED) is 0.801. The maximum atomic E-state index is 11.6. The van der Waals surface area contributed by atoms with Crippen molar-refractivity contribution in [2.75, 3.05) is 5.32 Å². The third kappa shape index (κ3) is 2.40. The minimum Gasteiger partial charge on any atom is -0.307 e. The van der Waals surface area contributed by atoms with Crippen LogP contribution in [0.3, 0.4) is 0 Å². The van der Waals surface area contributed by atoms with E-state index in [2.05, 4.69) is 16.4 Å². The second-order valence-corrected chi connectivity index (χ2v) is 2.95. The van der Waals surface area contributed by atoms with Gasteiger partial charge in [-0.25, -0.2) is 4.98 Å². The molecule has 1 amide bonds. The Kier molecular flexibility index (Phi) is 2.74. The highest BCUT2D eigenvalue weighted by Crippen LogP contribution is 2.04. The lowest BCUT2D eigenvalue weighted by Gasteiger charge is -2.02. The second-order valence-electron chi connectivity index (χ2n) is 2.95. The van der Waals surface area contributed by atoms with Crippen LogP contribution in [0.2, 0.25) is 0 Å². The van der Waals surface area contributed by atoms with E-state index in [-0.39, 0.29) is 5.91 Å². The van der Waals surface area contributed by atoms with E-state index < -0.39 is 0 Å². The van der Waals surface area contributed by atoms with Crippen LogP contribution in [0.1, 0.15) is 10.4 Å². The number of carbonyl (C=O) groups is 1. The van der Waals surface area contributed by atoms with E-state index in [1.807, 2.05) is 12.1 Å². The normalized spacial score (nSPS) is 9.60. The predicted octanol–water partition coefficient (Wildman–Crippen LogP) is 2.13. The number of nitrogens with zero attached hydrogens (tertiary/aromatic N) is 1. The number of hydrogen-bond donors (Lipinski definition) is 1. The molecule has 2 aromatic rings. The number of nitrogens with one attached hydrogen (secondary N) is 1. The number of amides is 1. The van der Waals surface area contributed by atoms with Gasteiger partial charge >= 0.3 is 0 Å². The maximum absolute atomic E-state index is 11.6. The molecular weight excluding hydrogens is 188 g/mol. The van der Waals surface area contributed by atoms with E-state index in [0.29, 0.717) is 11.4 Å². The average molecular weight is 197 g/mol. The maximum Gasteiger partial charge on any atom is 0.257 e. The molecule has 0 aliphatic heterocycles. The van der Waals surface area contributed by atoms with Crippen LogP contribution in [0, 0.1) is 6.07 Å². The van der Waals surface area contributed by atoms with Gasteiger partial charge in [-0.1, -0.05) is 24.3 Å². The lowest BCUT2D eigenvalue weighted by Crippen LogP contribution is -2.12. The SMILES string of the molecule is O=C(Nc1ccccn1)c1[c]cccc1. The van der Waals surface area contributed by atoms with Crippen LogP contribution in [-0.2, 0) is 0 Å². The van der Waals surface area contributed by atoms with Gasteiger partial charge in [-0.05, 0) is 24.3 Å². The van der Waals surface area contributed by atoms with Gasteiger partial charge in [0, 0.05) is 11.8 Å². The van der Waals surface area contributed by atoms with Gasteiger partial charge in [0.05, 0.1) is 0 Å². The Balaban J connectivity index is 2.12. The number of pyridine rings is 1. The molecule has 1 aromatic heterocycles. The Bertz CT molecular complexity index is 440. The summed E-state index contributed by atoms with van der Waals surface area (Å²) in [6.45, 7) is 0. The zero-order valence-electron chi connectivity index (χ0n) is 7.97. The molecule has 73 valence electrons. The van der Waals surface area contributed by atoms with Crippen molar-refractivity contribution in [2.24, 2.45) is 0 Å². The zero-order chi connectivity index (χ0) is 10.5. The topological polar surface area (TPSA) is 42.0 Å². The zero-order valence-corrected chi connectivity index (χ0v) is 7.97. The number of hydrogen-bond acceptors (Lipinski definition) is 2. The Hall–Kier alpha value is -2.16. The molecule has 0 spiro atoms. The number of anilines is 1. The van der Waals surface area contributed by atoms with E-state index in [9.17, 15) is 4.79 Å². The first-order valence-corrected chi connectivity index (χ1v) is 4.55. The third-order valence-electron chi connectivity index (χ3n) is 1.86. The van der Waals surface area contributed by atoms with E-state index in [4.69, 9.17) is 0 Å². The van der Waals surface area contributed by atoms with Gasteiger partial charge in [0.2, 0.25) is 0 Å². The number of carbonyl (C=O) groups excluding carboxylic acids is 1. The van der Waals surface area contributed by atoms with Gasteiger partial charge < -0.3 is 5.32 Å². The van der Waals surface area contributed by atoms with Crippen molar-refractivity contribution in [2.45, 2.75) is 0 Å². The lowest BCUT2D eigenvalue weighted by molar-refractivity contribution is 0.102. The summed E-state index contributed by atoms with van der Waals surface area (Å²) in [5.41, 5.74) is 0.503. The number of benzene rings is 1. The molecule has 0 saturated heterocycles. The molecule has 15 heavy (non-hydrogen) atoms. The first-order chi connectivity index (χ1) is 7.36. The molecule has 0 aliphatic rings. The van der Waals surface area contributed by atoms with Crippen molar-refractivity contribution in [3.8, 4) is 0 Å². The largest absolute Gasteiger partial charge is 0.307 e. The molecule has 0 bridgehead atoms. The van der Waals surface area contributed by atoms with Crippen molar-refractivity contribution in [3.63, 3.8) is 0 Å². The summed E-state index contributed by atoms with van der Waals surface area (Å²) < 4.78 is 0. The van der Waals surface area contributed by atoms with Gasteiger partial charge in [0.15, 0.2) is 0 Å². The van der Waals surface area contributed by atoms with Crippen LogP contribution in [0.4, 0.5) is 5.82 Å². The van der Waals surface area contributed by atoms with Crippen molar-refractivity contribution in [1.29, 1.82) is 0 Å². The summed E-state index contributed by atoms with van der Waals surface area (Å²) >= 11 is 0. The van der Waals surface area contributed by atoms with Crippen molar-refractivity contribution in [1.82, 2.24) is 4.98 Å². The fraction of sp³-hybridized carbons (Fsp3) is 0. The van der Waals surface area contributed by atoms with Crippen LogP contribution in [-0.4, -0.2) is 10.9 Å². The fourth-order valence-corrected chi connectivity index (χ4v) is 1.15. The molecule has 1 radical (unpaired) electrons. The van der Waals surface area contributed by atoms with Crippen LogP contribution in [0.25, 0.3) is 0 Å². The summed E-state index contributed by atoms with van der Waals surface area (Å²) in [6.07, 6.45) is 1.63. The highest BCUT2D eigenvalue weighted by atomic mass is 16.1. The first-order valence-electron chi connectivity index (χ1n) is 4.55. The smallest absolute Gasteiger partial charge is 0.257 e. The minimum absolute atomic E-state index is 0.200. The molecule has 0 fully saturated rings. The van der Waals surface area contributed by atoms with Gasteiger partial charge in [-0.15, -0.1) is 0 Å². The number of rotatable bonds is 2. The van der Waals surface area contributed by atoms with Gasteiger partial charge in [-0.3, -0.25) is 4.79 Å². The molecule has 1 heterocycles. The summed E-state index contributed by atoms with van der Waals surface area (Å²) in [5.74, 6) is 0.342. The number of aromatic nitrogens is 1. The summed E-state index contributed by atoms with van der Waals surface area (Å²) in [6, 6.07) is 15.2. The van der Waals surface area contributed by atoms with Gasteiger partial charge in [0.25, 0.3) is 5.91 Å². The van der Waals surface area contributed by atoms with Crippen LogP contribution in [0.5, 0.6) is 0 Å². The van der Waals surface area contributed by atoms with Crippen molar-refractivity contribution < 1.29 is 4.79 Å². The summed E-state index contributed by atoms with van der Waals surface area (Å²) in [4.78, 5) is 15.6. The molecule has 0 atom stereocenters. The van der Waals surface area contributed by atoms with Gasteiger partial charge in [0.1, 0.15) is 5.82 Å². The fourth-order valence-electron chi connectivity index (χ4n) is 1.15. The second kappa shape index (κ2) is 4.37. The lowest BCUT2D eigenvalue weighted by atomic mass is 10.2. The monoisotopic (exact) mass is 197 g/mol. The summed E-state index contributed by atoms with van der Waals surface area (Å²) in [7, 11) is 0. The van der Waals surface area contributed by atoms with Crippen LogP contribution in [0.15, 0.2) is 48.7 Å². The highest BCUT2D eigenvalue weighted by molar-refractivity contribution is 6.03. The Morgan fingerprint density at radius 2 is 2.07 bits per heavy atom. The van der Waals surface area contributed by atoms with E-state index >= 15 is 0 Å². The molecular formula is C12H9N2O. The molecule has 1 aromatic carbocycles. The van der Waals surface area contributed by atoms with Crippen LogP contribution >= 0.6 is 0 Å². The highest BCUT2D eigenvalue weighted by Gasteiger charge is 2.04. The molecule has 0 saturated carbocycles. The Morgan fingerprint density at radius 3 is 2.73 bits per heavy atom. The van der Waals surface area contributed by atoms with Crippen LogP contribution < -0.4 is 5.32 Å². The standard InChI is InChI=1S/C12H9N2O/c15-12(10-6-2-1-3-7-10)14-11-8-4-5-9-13-11/h1-6,8-9H,(H,13,14,15). The molecule has 3 nitrogen and oxygen atoms in total. The van der Waals surface area contributed by atoms with E-state index in [1.54, 1.807) is 36.5 Å². The van der Waals surface area contributed by atoms with E-state index in [0.717, 1.165) is 0 Å². The first kappa shape index (κ1) is 9.40. The Morgan fingerprint density at radius 1 is 1.20 bits per heavy atom. The van der Waals surface area contributed by atoms with Crippen molar-refractivity contribution >= 4 is 11.7 Å². The molecule has 2 rings (SSSR count). The molecule has 1 N–H and O–H groups in total. The minimum atomic E-state index is -0.200. The third-order valence-corrected chi connectivity index (χ3v) is 1.86. The van der Waals surface area contributed by atoms with E-state index in [1.165, 1.54) is 0 Å². The summed E-state index contributed by atoms with van der Waals surface area (Å²) in [5, 5.41) is 2.68. The van der Waals surface area contributed by atoms with Crippen molar-refractivity contribution in [3.05, 3.63) is 60.3 Å². The molecule has 3 heteroatoms. The van der Waals surface area contributed by atoms with Gasteiger partial charge in [-0.2, -0.15) is 0 Å². The Labute approximate surface area is 87.8 Å².